The number of methoxy groups -OCH3 is 1. The highest BCUT2D eigenvalue weighted by Crippen LogP contribution is 2.31. The Morgan fingerprint density at radius 3 is 2.66 bits per heavy atom. The van der Waals surface area contributed by atoms with Gasteiger partial charge in [0.1, 0.15) is 0 Å². The maximum atomic E-state index is 12.3. The van der Waals surface area contributed by atoms with Crippen molar-refractivity contribution in [1.29, 1.82) is 0 Å². The Bertz CT molecular complexity index is 1030. The summed E-state index contributed by atoms with van der Waals surface area (Å²) in [5.74, 6) is 1.04. The number of carbonyl (C=O) groups is 1. The van der Waals surface area contributed by atoms with E-state index >= 15 is 0 Å². The van der Waals surface area contributed by atoms with Crippen molar-refractivity contribution in [3.05, 3.63) is 64.0 Å². The van der Waals surface area contributed by atoms with Crippen LogP contribution in [0.3, 0.4) is 0 Å². The number of amides is 1. The highest BCUT2D eigenvalue weighted by molar-refractivity contribution is 7.16. The number of hydrogen-bond acceptors (Lipinski definition) is 5. The zero-order chi connectivity index (χ0) is 20.8. The second-order valence-electron chi connectivity index (χ2n) is 6.10. The average molecular weight is 429 g/mol. The number of nitrogens with one attached hydrogen (secondary N) is 1. The zero-order valence-corrected chi connectivity index (χ0v) is 17.9. The van der Waals surface area contributed by atoms with Crippen LogP contribution in [0.15, 0.2) is 48.5 Å². The molecule has 0 unspecified atom stereocenters. The lowest BCUT2D eigenvalue weighted by molar-refractivity contribution is -0.111. The first-order valence-corrected chi connectivity index (χ1v) is 10.2. The molecular weight excluding hydrogens is 408 g/mol. The number of anilines is 1. The molecule has 0 aliphatic heterocycles. The number of halogens is 1. The van der Waals surface area contributed by atoms with Crippen molar-refractivity contribution in [3.8, 4) is 22.8 Å². The lowest BCUT2D eigenvalue weighted by atomic mass is 10.1. The Kier molecular flexibility index (Phi) is 6.90. The summed E-state index contributed by atoms with van der Waals surface area (Å²) in [5, 5.41) is 4.03. The molecule has 0 radical (unpaired) electrons. The number of carbonyl (C=O) groups excluding carboxylic acids is 1. The summed E-state index contributed by atoms with van der Waals surface area (Å²) in [5.41, 5.74) is 2.63. The number of thiazole rings is 1. The number of ether oxygens (including phenoxy) is 2. The minimum atomic E-state index is -0.255. The van der Waals surface area contributed by atoms with Gasteiger partial charge in [0.15, 0.2) is 16.6 Å². The largest absolute Gasteiger partial charge is 0.493 e. The molecule has 1 amide bonds. The van der Waals surface area contributed by atoms with Gasteiger partial charge in [0.05, 0.1) is 19.4 Å². The number of aromatic nitrogens is 1. The fourth-order valence-corrected chi connectivity index (χ4v) is 3.67. The molecular formula is C22H21ClN2O3S. The van der Waals surface area contributed by atoms with Crippen molar-refractivity contribution >= 4 is 40.1 Å². The molecule has 0 aliphatic rings. The molecule has 1 heterocycles. The van der Waals surface area contributed by atoms with Gasteiger partial charge in [-0.15, -0.1) is 11.3 Å². The smallest absolute Gasteiger partial charge is 0.250 e. The molecule has 2 aromatic carbocycles. The summed E-state index contributed by atoms with van der Waals surface area (Å²) in [6.07, 6.45) is 3.18. The van der Waals surface area contributed by atoms with Gasteiger partial charge in [-0.25, -0.2) is 4.98 Å². The first-order chi connectivity index (χ1) is 14.0. The van der Waals surface area contributed by atoms with Crippen LogP contribution in [0.4, 0.5) is 5.13 Å². The molecule has 3 rings (SSSR count). The predicted molar refractivity (Wildman–Crippen MR) is 119 cm³/mol. The molecule has 0 aliphatic carbocycles. The van der Waals surface area contributed by atoms with E-state index in [1.807, 2.05) is 56.3 Å². The van der Waals surface area contributed by atoms with Crippen molar-refractivity contribution in [2.24, 2.45) is 0 Å². The molecule has 0 fully saturated rings. The molecule has 7 heteroatoms. The summed E-state index contributed by atoms with van der Waals surface area (Å²) in [6, 6.07) is 13.0. The van der Waals surface area contributed by atoms with Crippen molar-refractivity contribution in [3.63, 3.8) is 0 Å². The summed E-state index contributed by atoms with van der Waals surface area (Å²) >= 11 is 7.37. The van der Waals surface area contributed by atoms with Crippen molar-refractivity contribution in [2.75, 3.05) is 19.0 Å². The molecule has 0 saturated heterocycles. The van der Waals surface area contributed by atoms with Gasteiger partial charge >= 0.3 is 0 Å². The summed E-state index contributed by atoms with van der Waals surface area (Å²) in [6.45, 7) is 4.44. The Labute approximate surface area is 179 Å². The fourth-order valence-electron chi connectivity index (χ4n) is 2.71. The number of hydrogen-bond donors (Lipinski definition) is 1. The Balaban J connectivity index is 1.69. The quantitative estimate of drug-likeness (QED) is 0.481. The van der Waals surface area contributed by atoms with E-state index in [0.717, 1.165) is 21.7 Å². The predicted octanol–water partition coefficient (Wildman–Crippen LogP) is 5.83. The minimum Gasteiger partial charge on any atom is -0.493 e. The van der Waals surface area contributed by atoms with Crippen LogP contribution in [-0.4, -0.2) is 24.6 Å². The molecule has 0 bridgehead atoms. The molecule has 0 saturated carbocycles. The van der Waals surface area contributed by atoms with E-state index in [2.05, 4.69) is 10.3 Å². The zero-order valence-electron chi connectivity index (χ0n) is 16.4. The van der Waals surface area contributed by atoms with Crippen LogP contribution < -0.4 is 14.8 Å². The summed E-state index contributed by atoms with van der Waals surface area (Å²) in [7, 11) is 1.58. The van der Waals surface area contributed by atoms with Gasteiger partial charge in [0, 0.05) is 21.5 Å². The van der Waals surface area contributed by atoms with Crippen molar-refractivity contribution in [1.82, 2.24) is 4.98 Å². The average Bonchev–Trinajstić information content (AvgIpc) is 3.07. The normalized spacial score (nSPS) is 10.9. The third-order valence-corrected chi connectivity index (χ3v) is 5.20. The molecule has 29 heavy (non-hydrogen) atoms. The SMILES string of the molecule is CCOc1ccc(C=CC(=O)Nc2nc(-c3ccc(Cl)cc3)c(C)s2)cc1OC. The first kappa shape index (κ1) is 20.9. The van der Waals surface area contributed by atoms with Crippen LogP contribution in [0.25, 0.3) is 17.3 Å². The number of nitrogens with zero attached hydrogens (tertiary/aromatic N) is 1. The van der Waals surface area contributed by atoms with Crippen molar-refractivity contribution < 1.29 is 14.3 Å². The van der Waals surface area contributed by atoms with Crippen LogP contribution in [0.2, 0.25) is 5.02 Å². The number of benzene rings is 2. The van der Waals surface area contributed by atoms with E-state index in [0.29, 0.717) is 28.3 Å². The van der Waals surface area contributed by atoms with E-state index in [1.165, 1.54) is 17.4 Å². The standard InChI is InChI=1S/C22H21ClN2O3S/c1-4-28-18-11-5-15(13-19(18)27-3)6-12-20(26)24-22-25-21(14(2)29-22)16-7-9-17(23)10-8-16/h5-13H,4H2,1-3H3,(H,24,25,26). The maximum absolute atomic E-state index is 12.3. The molecule has 3 aromatic rings. The van der Waals surface area contributed by atoms with Gasteiger partial charge in [-0.2, -0.15) is 0 Å². The van der Waals surface area contributed by atoms with Gasteiger partial charge in [0.2, 0.25) is 5.91 Å². The van der Waals surface area contributed by atoms with Gasteiger partial charge < -0.3 is 9.47 Å². The third kappa shape index (κ3) is 5.37. The van der Waals surface area contributed by atoms with E-state index < -0.39 is 0 Å². The topological polar surface area (TPSA) is 60.5 Å². The van der Waals surface area contributed by atoms with E-state index in [-0.39, 0.29) is 5.91 Å². The maximum Gasteiger partial charge on any atom is 0.250 e. The second kappa shape index (κ2) is 9.58. The third-order valence-electron chi connectivity index (χ3n) is 4.06. The highest BCUT2D eigenvalue weighted by Gasteiger charge is 2.11. The van der Waals surface area contributed by atoms with Crippen molar-refractivity contribution in [2.45, 2.75) is 13.8 Å². The molecule has 0 atom stereocenters. The molecule has 1 aromatic heterocycles. The lowest BCUT2D eigenvalue weighted by Crippen LogP contribution is -2.07. The molecule has 150 valence electrons. The molecule has 5 nitrogen and oxygen atoms in total. The lowest BCUT2D eigenvalue weighted by Gasteiger charge is -2.09. The molecule has 1 N–H and O–H groups in total. The highest BCUT2D eigenvalue weighted by atomic mass is 35.5. The number of aryl methyl sites for hydroxylation is 1. The van der Waals surface area contributed by atoms with Crippen LogP contribution >= 0.6 is 22.9 Å². The first-order valence-electron chi connectivity index (χ1n) is 9.03. The van der Waals surface area contributed by atoms with Gasteiger partial charge in [-0.1, -0.05) is 29.8 Å². The Morgan fingerprint density at radius 2 is 1.97 bits per heavy atom. The fraction of sp³-hybridized carbons (Fsp3) is 0.182. The van der Waals surface area contributed by atoms with Crippen LogP contribution in [-0.2, 0) is 4.79 Å². The van der Waals surface area contributed by atoms with Gasteiger partial charge in [-0.3, -0.25) is 10.1 Å². The molecule has 0 spiro atoms. The van der Waals surface area contributed by atoms with Crippen LogP contribution in [0, 0.1) is 6.92 Å². The van der Waals surface area contributed by atoms with Gasteiger partial charge in [-0.05, 0) is 49.8 Å². The monoisotopic (exact) mass is 428 g/mol. The van der Waals surface area contributed by atoms with Gasteiger partial charge in [0.25, 0.3) is 0 Å². The van der Waals surface area contributed by atoms with E-state index in [4.69, 9.17) is 21.1 Å². The van der Waals surface area contributed by atoms with E-state index in [1.54, 1.807) is 13.2 Å². The second-order valence-corrected chi connectivity index (χ2v) is 7.74. The minimum absolute atomic E-state index is 0.255. The van der Waals surface area contributed by atoms with E-state index in [9.17, 15) is 4.79 Å². The number of rotatable bonds is 7. The summed E-state index contributed by atoms with van der Waals surface area (Å²) in [4.78, 5) is 17.9. The summed E-state index contributed by atoms with van der Waals surface area (Å²) < 4.78 is 10.8. The Morgan fingerprint density at radius 1 is 1.21 bits per heavy atom. The van der Waals surface area contributed by atoms with Crippen LogP contribution in [0.1, 0.15) is 17.4 Å². The van der Waals surface area contributed by atoms with Crippen LogP contribution in [0.5, 0.6) is 11.5 Å². The Hall–Kier alpha value is -2.83.